The summed E-state index contributed by atoms with van der Waals surface area (Å²) in [6.07, 6.45) is 0. The van der Waals surface area contributed by atoms with Crippen LogP contribution < -0.4 is 15.4 Å². The van der Waals surface area contributed by atoms with Gasteiger partial charge in [0.2, 0.25) is 11.8 Å². The van der Waals surface area contributed by atoms with E-state index in [1.54, 1.807) is 54.6 Å². The second-order valence-corrected chi connectivity index (χ2v) is 11.5. The lowest BCUT2D eigenvalue weighted by molar-refractivity contribution is -0.117. The summed E-state index contributed by atoms with van der Waals surface area (Å²) in [6, 6.07) is 19.9. The Kier molecular flexibility index (Phi) is 8.26. The Morgan fingerprint density at radius 2 is 1.80 bits per heavy atom. The fraction of sp³-hybridized carbons (Fsp3) is 0.300. The number of carbonyl (C=O) groups excluding carboxylic acids is 2. The molecule has 0 spiro atoms. The number of piperazine rings is 1. The molecule has 0 unspecified atom stereocenters. The van der Waals surface area contributed by atoms with E-state index in [0.717, 1.165) is 31.7 Å². The van der Waals surface area contributed by atoms with Gasteiger partial charge in [-0.05, 0) is 56.8 Å². The zero-order chi connectivity index (χ0) is 29.0. The van der Waals surface area contributed by atoms with Crippen LogP contribution >= 0.6 is 11.3 Å². The van der Waals surface area contributed by atoms with Crippen LogP contribution in [0.5, 0.6) is 11.6 Å². The van der Waals surface area contributed by atoms with Gasteiger partial charge in [0.05, 0.1) is 18.0 Å². The Balaban J connectivity index is 1.22. The Morgan fingerprint density at radius 3 is 2.59 bits per heavy atom. The van der Waals surface area contributed by atoms with E-state index in [9.17, 15) is 14.9 Å². The van der Waals surface area contributed by atoms with Gasteiger partial charge in [0.25, 0.3) is 5.91 Å². The van der Waals surface area contributed by atoms with Crippen molar-refractivity contribution in [3.05, 3.63) is 71.8 Å². The van der Waals surface area contributed by atoms with Crippen LogP contribution in [0, 0.1) is 11.3 Å². The standard InChI is InChI=1S/C30H31N7O3S/c1-30(2,19-31)21-7-4-6-20(16-21)27(39)32-22-8-5-9-23(17-22)40-26-11-10-24-28(35-26)41-29(33-24)34-25(38)18-37-14-12-36(3)13-15-37/h4-11,16-17H,12-15,18H2,1-3H3,(H,32,39)(H,33,34,38). The molecule has 1 saturated heterocycles. The van der Waals surface area contributed by atoms with Gasteiger partial charge in [-0.25, -0.2) is 9.97 Å². The number of hydrogen-bond acceptors (Lipinski definition) is 9. The number of nitrogens with zero attached hydrogens (tertiary/aromatic N) is 5. The first-order valence-corrected chi connectivity index (χ1v) is 14.1. The van der Waals surface area contributed by atoms with Crippen molar-refractivity contribution in [2.24, 2.45) is 0 Å². The van der Waals surface area contributed by atoms with Crippen LogP contribution in [-0.4, -0.2) is 71.4 Å². The minimum Gasteiger partial charge on any atom is -0.439 e. The molecule has 5 rings (SSSR count). The number of carbonyl (C=O) groups is 2. The number of aromatic nitrogens is 2. The molecule has 4 aromatic rings. The molecule has 0 bridgehead atoms. The molecule has 210 valence electrons. The van der Waals surface area contributed by atoms with Crippen molar-refractivity contribution in [1.82, 2.24) is 19.8 Å². The van der Waals surface area contributed by atoms with Gasteiger partial charge in [0.15, 0.2) is 5.13 Å². The molecule has 0 saturated carbocycles. The Hall–Kier alpha value is -4.37. The summed E-state index contributed by atoms with van der Waals surface area (Å²) in [6.45, 7) is 7.60. The number of benzene rings is 2. The Morgan fingerprint density at radius 1 is 1.02 bits per heavy atom. The van der Waals surface area contributed by atoms with Crippen LogP contribution in [0.4, 0.5) is 10.8 Å². The number of nitrogens with one attached hydrogen (secondary N) is 2. The van der Waals surface area contributed by atoms with Crippen LogP contribution in [-0.2, 0) is 10.2 Å². The lowest BCUT2D eigenvalue weighted by Gasteiger charge is -2.31. The van der Waals surface area contributed by atoms with Crippen LogP contribution in [0.25, 0.3) is 10.3 Å². The van der Waals surface area contributed by atoms with Crippen molar-refractivity contribution in [2.45, 2.75) is 19.3 Å². The average Bonchev–Trinajstić information content (AvgIpc) is 3.36. The molecule has 1 aliphatic heterocycles. The largest absolute Gasteiger partial charge is 0.439 e. The van der Waals surface area contributed by atoms with Gasteiger partial charge in [0.1, 0.15) is 16.1 Å². The highest BCUT2D eigenvalue weighted by Gasteiger charge is 2.21. The summed E-state index contributed by atoms with van der Waals surface area (Å²) in [5, 5.41) is 15.7. The van der Waals surface area contributed by atoms with Gasteiger partial charge in [-0.2, -0.15) is 5.26 Å². The van der Waals surface area contributed by atoms with E-state index in [1.807, 2.05) is 19.9 Å². The predicted molar refractivity (Wildman–Crippen MR) is 160 cm³/mol. The van der Waals surface area contributed by atoms with Crippen molar-refractivity contribution in [3.63, 3.8) is 0 Å². The van der Waals surface area contributed by atoms with E-state index in [2.05, 4.69) is 43.5 Å². The van der Waals surface area contributed by atoms with Gasteiger partial charge in [0, 0.05) is 49.6 Å². The molecule has 1 fully saturated rings. The van der Waals surface area contributed by atoms with E-state index < -0.39 is 5.41 Å². The number of nitriles is 1. The smallest absolute Gasteiger partial charge is 0.255 e. The first kappa shape index (κ1) is 28.2. The summed E-state index contributed by atoms with van der Waals surface area (Å²) in [4.78, 5) is 39.5. The molecule has 0 aliphatic carbocycles. The number of likely N-dealkylation sites (N-methyl/N-ethyl adjacent to an activating group) is 1. The fourth-order valence-electron chi connectivity index (χ4n) is 4.35. The van der Waals surface area contributed by atoms with Gasteiger partial charge in [-0.3, -0.25) is 14.5 Å². The van der Waals surface area contributed by atoms with Crippen molar-refractivity contribution in [2.75, 3.05) is 50.4 Å². The summed E-state index contributed by atoms with van der Waals surface area (Å²) in [5.74, 6) is 0.485. The predicted octanol–water partition coefficient (Wildman–Crippen LogP) is 4.72. The molecular weight excluding hydrogens is 538 g/mol. The number of hydrogen-bond donors (Lipinski definition) is 2. The highest BCUT2D eigenvalue weighted by Crippen LogP contribution is 2.29. The molecule has 2 aromatic heterocycles. The molecule has 2 amide bonds. The minimum absolute atomic E-state index is 0.0931. The van der Waals surface area contributed by atoms with Crippen LogP contribution in [0.1, 0.15) is 29.8 Å². The van der Waals surface area contributed by atoms with E-state index in [-0.39, 0.29) is 11.8 Å². The second kappa shape index (κ2) is 12.0. The number of anilines is 2. The summed E-state index contributed by atoms with van der Waals surface area (Å²) in [7, 11) is 2.08. The zero-order valence-corrected chi connectivity index (χ0v) is 24.0. The van der Waals surface area contributed by atoms with E-state index in [4.69, 9.17) is 4.74 Å². The third kappa shape index (κ3) is 7.05. The average molecular weight is 570 g/mol. The molecular formula is C30H31N7O3S. The van der Waals surface area contributed by atoms with Crippen molar-refractivity contribution in [1.29, 1.82) is 5.26 Å². The van der Waals surface area contributed by atoms with E-state index in [0.29, 0.717) is 44.9 Å². The number of ether oxygens (including phenoxy) is 1. The highest BCUT2D eigenvalue weighted by atomic mass is 32.1. The number of fused-ring (bicyclic) bond motifs is 1. The van der Waals surface area contributed by atoms with E-state index >= 15 is 0 Å². The molecule has 1 aliphatic rings. The van der Waals surface area contributed by atoms with Gasteiger partial charge >= 0.3 is 0 Å². The topological polar surface area (TPSA) is 123 Å². The summed E-state index contributed by atoms with van der Waals surface area (Å²) < 4.78 is 5.97. The molecule has 10 nitrogen and oxygen atoms in total. The van der Waals surface area contributed by atoms with Crippen molar-refractivity contribution >= 4 is 44.3 Å². The first-order chi connectivity index (χ1) is 19.7. The SMILES string of the molecule is CN1CCN(CC(=O)Nc2nc3ccc(Oc4cccc(NC(=O)c5cccc(C(C)(C)C#N)c5)c4)nc3s2)CC1. The molecule has 2 N–H and O–H groups in total. The van der Waals surface area contributed by atoms with Crippen LogP contribution in [0.15, 0.2) is 60.7 Å². The molecule has 2 aromatic carbocycles. The molecule has 0 atom stereocenters. The summed E-state index contributed by atoms with van der Waals surface area (Å²) in [5.41, 5.74) is 1.75. The number of pyridine rings is 1. The minimum atomic E-state index is -0.701. The van der Waals surface area contributed by atoms with Crippen molar-refractivity contribution < 1.29 is 14.3 Å². The van der Waals surface area contributed by atoms with Crippen LogP contribution in [0.2, 0.25) is 0 Å². The normalized spacial score (nSPS) is 14.4. The van der Waals surface area contributed by atoms with Gasteiger partial charge < -0.3 is 20.3 Å². The highest BCUT2D eigenvalue weighted by molar-refractivity contribution is 7.21. The maximum Gasteiger partial charge on any atom is 0.255 e. The van der Waals surface area contributed by atoms with Gasteiger partial charge in [-0.15, -0.1) is 0 Å². The lowest BCUT2D eigenvalue weighted by atomic mass is 9.85. The first-order valence-electron chi connectivity index (χ1n) is 13.3. The number of rotatable bonds is 8. The quantitative estimate of drug-likeness (QED) is 0.312. The lowest BCUT2D eigenvalue weighted by Crippen LogP contribution is -2.47. The molecule has 0 radical (unpaired) electrons. The Labute approximate surface area is 242 Å². The molecule has 3 heterocycles. The zero-order valence-electron chi connectivity index (χ0n) is 23.2. The fourth-order valence-corrected chi connectivity index (χ4v) is 5.20. The second-order valence-electron chi connectivity index (χ2n) is 10.5. The van der Waals surface area contributed by atoms with Crippen molar-refractivity contribution in [3.8, 4) is 17.7 Å². The number of thiazole rings is 1. The number of amides is 2. The monoisotopic (exact) mass is 569 g/mol. The van der Waals surface area contributed by atoms with E-state index in [1.165, 1.54) is 11.3 Å². The third-order valence-corrected chi connectivity index (χ3v) is 7.76. The summed E-state index contributed by atoms with van der Waals surface area (Å²) >= 11 is 1.29. The third-order valence-electron chi connectivity index (χ3n) is 6.88. The van der Waals surface area contributed by atoms with Gasteiger partial charge in [-0.1, -0.05) is 29.5 Å². The Bertz CT molecular complexity index is 1620. The molecule has 41 heavy (non-hydrogen) atoms. The maximum atomic E-state index is 12.9. The van der Waals surface area contributed by atoms with Crippen LogP contribution in [0.3, 0.4) is 0 Å². The maximum absolute atomic E-state index is 12.9. The molecule has 11 heteroatoms.